The number of nitrogens with zero attached hydrogens (tertiary/aromatic N) is 2. The van der Waals surface area contributed by atoms with E-state index in [4.69, 9.17) is 9.68 Å². The van der Waals surface area contributed by atoms with Crippen molar-refractivity contribution in [3.8, 4) is 6.07 Å². The third kappa shape index (κ3) is 2.91. The zero-order chi connectivity index (χ0) is 13.9. The first kappa shape index (κ1) is 13.1. The average Bonchev–Trinajstić information content (AvgIpc) is 2.84. The van der Waals surface area contributed by atoms with Gasteiger partial charge in [0, 0.05) is 12.0 Å². The normalized spacial score (nSPS) is 11.2. The lowest BCUT2D eigenvalue weighted by Gasteiger charge is -2.25. The minimum absolute atomic E-state index is 0.114. The standard InChI is InChI=1S/C14H15N3O2/c1-14(2,8-16-13(18)5-6-15)10-3-4-11-12(7-10)19-9-17-11/h3-4,7,9H,5,8H2,1-2H3,(H,16,18). The summed E-state index contributed by atoms with van der Waals surface area (Å²) in [7, 11) is 0. The maximum absolute atomic E-state index is 11.3. The van der Waals surface area contributed by atoms with E-state index in [1.54, 1.807) is 0 Å². The van der Waals surface area contributed by atoms with Crippen LogP contribution in [-0.2, 0) is 10.2 Å². The number of carbonyl (C=O) groups excluding carboxylic acids is 1. The Morgan fingerprint density at radius 3 is 3.05 bits per heavy atom. The molecule has 0 radical (unpaired) electrons. The summed E-state index contributed by atoms with van der Waals surface area (Å²) in [6.07, 6.45) is 1.30. The number of oxazole rings is 1. The second kappa shape index (κ2) is 5.11. The van der Waals surface area contributed by atoms with Crippen LogP contribution in [-0.4, -0.2) is 17.4 Å². The van der Waals surface area contributed by atoms with Gasteiger partial charge in [-0.05, 0) is 17.7 Å². The number of rotatable bonds is 4. The first-order chi connectivity index (χ1) is 9.03. The molecule has 19 heavy (non-hydrogen) atoms. The Hall–Kier alpha value is -2.35. The van der Waals surface area contributed by atoms with E-state index < -0.39 is 0 Å². The molecule has 0 spiro atoms. The van der Waals surface area contributed by atoms with Gasteiger partial charge in [0.05, 0.1) is 6.07 Å². The first-order valence-corrected chi connectivity index (χ1v) is 6.00. The molecule has 98 valence electrons. The molecule has 1 N–H and O–H groups in total. The van der Waals surface area contributed by atoms with Gasteiger partial charge in [-0.15, -0.1) is 0 Å². The predicted octanol–water partition coefficient (Wildman–Crippen LogP) is 2.14. The minimum Gasteiger partial charge on any atom is -0.443 e. The highest BCUT2D eigenvalue weighted by Gasteiger charge is 2.22. The third-order valence-electron chi connectivity index (χ3n) is 3.08. The van der Waals surface area contributed by atoms with Crippen LogP contribution in [0.4, 0.5) is 0 Å². The molecule has 0 saturated carbocycles. The van der Waals surface area contributed by atoms with E-state index >= 15 is 0 Å². The van der Waals surface area contributed by atoms with Crippen molar-refractivity contribution >= 4 is 17.0 Å². The third-order valence-corrected chi connectivity index (χ3v) is 3.08. The van der Waals surface area contributed by atoms with Gasteiger partial charge in [-0.1, -0.05) is 19.9 Å². The van der Waals surface area contributed by atoms with Gasteiger partial charge in [0.15, 0.2) is 12.0 Å². The van der Waals surface area contributed by atoms with Gasteiger partial charge in [-0.2, -0.15) is 5.26 Å². The zero-order valence-corrected chi connectivity index (χ0v) is 10.9. The summed E-state index contributed by atoms with van der Waals surface area (Å²) in [5.41, 5.74) is 2.35. The Bertz CT molecular complexity index is 637. The first-order valence-electron chi connectivity index (χ1n) is 6.00. The summed E-state index contributed by atoms with van der Waals surface area (Å²) >= 11 is 0. The van der Waals surface area contributed by atoms with E-state index in [0.29, 0.717) is 6.54 Å². The lowest BCUT2D eigenvalue weighted by molar-refractivity contribution is -0.120. The number of nitriles is 1. The number of hydrogen-bond acceptors (Lipinski definition) is 4. The van der Waals surface area contributed by atoms with Crippen LogP contribution in [0.5, 0.6) is 0 Å². The molecule has 5 nitrogen and oxygen atoms in total. The van der Waals surface area contributed by atoms with E-state index in [-0.39, 0.29) is 17.7 Å². The molecule has 0 saturated heterocycles. The van der Waals surface area contributed by atoms with E-state index in [1.807, 2.05) is 38.1 Å². The highest BCUT2D eigenvalue weighted by molar-refractivity contribution is 5.78. The molecule has 0 aliphatic heterocycles. The average molecular weight is 257 g/mol. The molecule has 1 heterocycles. The summed E-state index contributed by atoms with van der Waals surface area (Å²) < 4.78 is 5.28. The number of hydrogen-bond donors (Lipinski definition) is 1. The van der Waals surface area contributed by atoms with Crippen LogP contribution in [0.2, 0.25) is 0 Å². The molecule has 2 rings (SSSR count). The molecule has 0 atom stereocenters. The fraction of sp³-hybridized carbons (Fsp3) is 0.357. The number of carbonyl (C=O) groups is 1. The highest BCUT2D eigenvalue weighted by Crippen LogP contribution is 2.25. The summed E-state index contributed by atoms with van der Waals surface area (Å²) in [4.78, 5) is 15.4. The molecule has 5 heteroatoms. The second-order valence-corrected chi connectivity index (χ2v) is 5.03. The van der Waals surface area contributed by atoms with Gasteiger partial charge in [0.2, 0.25) is 5.91 Å². The van der Waals surface area contributed by atoms with Crippen LogP contribution in [0.15, 0.2) is 29.0 Å². The maximum atomic E-state index is 11.3. The van der Waals surface area contributed by atoms with Crippen LogP contribution >= 0.6 is 0 Å². The van der Waals surface area contributed by atoms with Crippen LogP contribution in [0.1, 0.15) is 25.8 Å². The SMILES string of the molecule is CC(C)(CNC(=O)CC#N)c1ccc2ncoc2c1. The molecule has 0 aliphatic carbocycles. The van der Waals surface area contributed by atoms with Crippen molar-refractivity contribution in [2.24, 2.45) is 0 Å². The van der Waals surface area contributed by atoms with Gasteiger partial charge in [0.1, 0.15) is 11.9 Å². The Balaban J connectivity index is 2.14. The van der Waals surface area contributed by atoms with Crippen molar-refractivity contribution in [2.75, 3.05) is 6.54 Å². The van der Waals surface area contributed by atoms with Crippen molar-refractivity contribution in [3.05, 3.63) is 30.2 Å². The Morgan fingerprint density at radius 2 is 2.32 bits per heavy atom. The van der Waals surface area contributed by atoms with E-state index in [9.17, 15) is 4.79 Å². The van der Waals surface area contributed by atoms with Crippen molar-refractivity contribution < 1.29 is 9.21 Å². The molecule has 0 bridgehead atoms. The molecule has 0 fully saturated rings. The number of aromatic nitrogens is 1. The zero-order valence-electron chi connectivity index (χ0n) is 10.9. The number of benzene rings is 1. The van der Waals surface area contributed by atoms with Gasteiger partial charge in [-0.3, -0.25) is 4.79 Å². The van der Waals surface area contributed by atoms with E-state index in [2.05, 4.69) is 10.3 Å². The molecule has 1 aromatic carbocycles. The fourth-order valence-electron chi connectivity index (χ4n) is 1.83. The van der Waals surface area contributed by atoms with Crippen molar-refractivity contribution in [1.29, 1.82) is 5.26 Å². The summed E-state index contributed by atoms with van der Waals surface area (Å²) in [6.45, 7) is 4.52. The van der Waals surface area contributed by atoms with Crippen molar-refractivity contribution in [2.45, 2.75) is 25.7 Å². The predicted molar refractivity (Wildman–Crippen MR) is 70.3 cm³/mol. The van der Waals surface area contributed by atoms with Gasteiger partial charge in [-0.25, -0.2) is 4.98 Å². The summed E-state index contributed by atoms with van der Waals surface area (Å²) in [5, 5.41) is 11.2. The molecule has 0 unspecified atom stereocenters. The van der Waals surface area contributed by atoms with E-state index in [0.717, 1.165) is 16.7 Å². The summed E-state index contributed by atoms with van der Waals surface area (Å²) in [5.74, 6) is -0.253. The van der Waals surface area contributed by atoms with Crippen LogP contribution in [0.25, 0.3) is 11.1 Å². The van der Waals surface area contributed by atoms with Crippen LogP contribution < -0.4 is 5.32 Å². The van der Waals surface area contributed by atoms with Crippen LogP contribution in [0, 0.1) is 11.3 Å². The van der Waals surface area contributed by atoms with Crippen molar-refractivity contribution in [3.63, 3.8) is 0 Å². The molecule has 0 aliphatic rings. The van der Waals surface area contributed by atoms with Gasteiger partial charge in [0.25, 0.3) is 0 Å². The maximum Gasteiger partial charge on any atom is 0.234 e. The fourth-order valence-corrected chi connectivity index (χ4v) is 1.83. The Kier molecular flexibility index (Phi) is 3.52. The van der Waals surface area contributed by atoms with Gasteiger partial charge >= 0.3 is 0 Å². The lowest BCUT2D eigenvalue weighted by Crippen LogP contribution is -2.36. The minimum atomic E-state index is -0.253. The Morgan fingerprint density at radius 1 is 1.53 bits per heavy atom. The number of nitrogens with one attached hydrogen (secondary N) is 1. The number of amides is 1. The van der Waals surface area contributed by atoms with Gasteiger partial charge < -0.3 is 9.73 Å². The summed E-state index contributed by atoms with van der Waals surface area (Å²) in [6, 6.07) is 7.63. The smallest absolute Gasteiger partial charge is 0.234 e. The second-order valence-electron chi connectivity index (χ2n) is 5.03. The molecular weight excluding hydrogens is 242 g/mol. The topological polar surface area (TPSA) is 78.9 Å². The monoisotopic (exact) mass is 257 g/mol. The highest BCUT2D eigenvalue weighted by atomic mass is 16.3. The Labute approximate surface area is 111 Å². The van der Waals surface area contributed by atoms with Crippen LogP contribution in [0.3, 0.4) is 0 Å². The number of fused-ring (bicyclic) bond motifs is 1. The lowest BCUT2D eigenvalue weighted by atomic mass is 9.84. The quantitative estimate of drug-likeness (QED) is 0.910. The molecule has 1 amide bonds. The van der Waals surface area contributed by atoms with E-state index in [1.165, 1.54) is 6.39 Å². The van der Waals surface area contributed by atoms with Crippen molar-refractivity contribution in [1.82, 2.24) is 10.3 Å². The molecular formula is C14H15N3O2. The molecule has 2 aromatic rings. The largest absolute Gasteiger partial charge is 0.443 e. The molecule has 1 aromatic heterocycles.